The van der Waals surface area contributed by atoms with Crippen molar-refractivity contribution in [3.63, 3.8) is 0 Å². The molecule has 0 atom stereocenters. The number of nitrogens with zero attached hydrogens (tertiary/aromatic N) is 2. The van der Waals surface area contributed by atoms with Gasteiger partial charge in [0.15, 0.2) is 0 Å². The summed E-state index contributed by atoms with van der Waals surface area (Å²) in [6.45, 7) is 2.55. The second kappa shape index (κ2) is 5.40. The number of halogens is 1. The fourth-order valence-corrected chi connectivity index (χ4v) is 3.13. The molecule has 0 unspecified atom stereocenters. The van der Waals surface area contributed by atoms with Gasteiger partial charge in [0, 0.05) is 7.05 Å². The van der Waals surface area contributed by atoms with Gasteiger partial charge in [-0.05, 0) is 32.0 Å². The lowest BCUT2D eigenvalue weighted by Crippen LogP contribution is -2.50. The first-order chi connectivity index (χ1) is 9.05. The molecule has 1 aromatic rings. The molecule has 108 valence electrons. The van der Waals surface area contributed by atoms with Crippen molar-refractivity contribution in [1.29, 1.82) is 5.26 Å². The number of likely N-dealkylation sites (N-methyl/N-ethyl adjacent to an activating group) is 1. The molecule has 0 saturated heterocycles. The van der Waals surface area contributed by atoms with Gasteiger partial charge in [-0.3, -0.25) is 4.79 Å². The van der Waals surface area contributed by atoms with Crippen LogP contribution in [0.25, 0.3) is 0 Å². The maximum absolute atomic E-state index is 12.4. The van der Waals surface area contributed by atoms with Crippen LogP contribution in [0, 0.1) is 11.3 Å². The number of hydrogen-bond acceptors (Lipinski definition) is 4. The van der Waals surface area contributed by atoms with E-state index in [1.54, 1.807) is 0 Å². The zero-order chi connectivity index (χ0) is 15.7. The molecule has 20 heavy (non-hydrogen) atoms. The van der Waals surface area contributed by atoms with E-state index >= 15 is 0 Å². The largest absolute Gasteiger partial charge is 0.480 e. The zero-order valence-electron chi connectivity index (χ0n) is 11.1. The molecule has 0 fully saturated rings. The lowest BCUT2D eigenvalue weighted by Gasteiger charge is -2.30. The van der Waals surface area contributed by atoms with Gasteiger partial charge in [0.1, 0.15) is 11.6 Å². The minimum Gasteiger partial charge on any atom is -0.480 e. The summed E-state index contributed by atoms with van der Waals surface area (Å²) in [5.41, 5.74) is -1.47. The van der Waals surface area contributed by atoms with Gasteiger partial charge in [-0.25, -0.2) is 8.42 Å². The van der Waals surface area contributed by atoms with Gasteiger partial charge in [-0.2, -0.15) is 9.57 Å². The first-order valence-corrected chi connectivity index (χ1v) is 7.29. The third kappa shape index (κ3) is 2.77. The molecule has 0 aliphatic carbocycles. The number of nitriles is 1. The molecule has 0 spiro atoms. The van der Waals surface area contributed by atoms with Crippen LogP contribution in [-0.2, 0) is 14.8 Å². The molecule has 0 aliphatic rings. The highest BCUT2D eigenvalue weighted by Crippen LogP contribution is 2.26. The van der Waals surface area contributed by atoms with Gasteiger partial charge < -0.3 is 5.11 Å². The van der Waals surface area contributed by atoms with Crippen LogP contribution in [0.4, 0.5) is 0 Å². The normalized spacial score (nSPS) is 12.2. The number of carboxylic acid groups (broad SMARTS) is 1. The Balaban J connectivity index is 3.35. The number of hydrogen-bond donors (Lipinski definition) is 1. The standard InChI is InChI=1S/C12H13ClN2O4S/c1-12(2,11(16)17)15(3)20(18,19)9-5-4-8(7-14)10(13)6-9/h4-6H,1-3H3,(H,16,17). The van der Waals surface area contributed by atoms with E-state index in [0.717, 1.165) is 10.4 Å². The second-order valence-electron chi connectivity index (χ2n) is 4.59. The van der Waals surface area contributed by atoms with Gasteiger partial charge in [0.05, 0.1) is 15.5 Å². The summed E-state index contributed by atoms with van der Waals surface area (Å²) in [6, 6.07) is 5.44. The van der Waals surface area contributed by atoms with Crippen molar-refractivity contribution in [2.45, 2.75) is 24.3 Å². The highest BCUT2D eigenvalue weighted by molar-refractivity contribution is 7.89. The van der Waals surface area contributed by atoms with E-state index in [0.29, 0.717) is 0 Å². The Hall–Kier alpha value is -1.62. The molecule has 0 aromatic heterocycles. The van der Waals surface area contributed by atoms with Crippen molar-refractivity contribution in [2.75, 3.05) is 7.05 Å². The molecule has 8 heteroatoms. The monoisotopic (exact) mass is 316 g/mol. The minimum atomic E-state index is -4.03. The highest BCUT2D eigenvalue weighted by Gasteiger charge is 2.40. The first-order valence-electron chi connectivity index (χ1n) is 5.47. The molecule has 1 aromatic carbocycles. The van der Waals surface area contributed by atoms with Gasteiger partial charge in [0.25, 0.3) is 0 Å². The molecule has 0 heterocycles. The highest BCUT2D eigenvalue weighted by atomic mass is 35.5. The topological polar surface area (TPSA) is 98.5 Å². The van der Waals surface area contributed by atoms with Gasteiger partial charge in [-0.15, -0.1) is 0 Å². The van der Waals surface area contributed by atoms with Crippen LogP contribution in [-0.4, -0.2) is 36.4 Å². The Bertz CT molecular complexity index is 692. The second-order valence-corrected chi connectivity index (χ2v) is 6.97. The van der Waals surface area contributed by atoms with Gasteiger partial charge in [0.2, 0.25) is 10.0 Å². The number of sulfonamides is 1. The number of carboxylic acids is 1. The Morgan fingerprint density at radius 1 is 1.45 bits per heavy atom. The van der Waals surface area contributed by atoms with Crippen LogP contribution in [0.5, 0.6) is 0 Å². The number of rotatable bonds is 4. The molecular weight excluding hydrogens is 304 g/mol. The lowest BCUT2D eigenvalue weighted by molar-refractivity contribution is -0.145. The molecule has 0 amide bonds. The Labute approximate surface area is 122 Å². The van der Waals surface area contributed by atoms with Gasteiger partial charge in [-0.1, -0.05) is 11.6 Å². The van der Waals surface area contributed by atoms with Crippen molar-refractivity contribution in [3.8, 4) is 6.07 Å². The van der Waals surface area contributed by atoms with E-state index < -0.39 is 21.5 Å². The van der Waals surface area contributed by atoms with E-state index in [4.69, 9.17) is 22.0 Å². The van der Waals surface area contributed by atoms with Crippen LogP contribution in [0.2, 0.25) is 5.02 Å². The molecular formula is C12H13ClN2O4S. The number of aliphatic carboxylic acids is 1. The van der Waals surface area contributed by atoms with E-state index in [1.165, 1.54) is 33.0 Å². The lowest BCUT2D eigenvalue weighted by atomic mass is 10.1. The smallest absolute Gasteiger partial charge is 0.324 e. The van der Waals surface area contributed by atoms with E-state index in [1.807, 2.05) is 6.07 Å². The van der Waals surface area contributed by atoms with E-state index in [9.17, 15) is 13.2 Å². The number of benzene rings is 1. The molecule has 0 aliphatic heterocycles. The quantitative estimate of drug-likeness (QED) is 0.911. The summed E-state index contributed by atoms with van der Waals surface area (Å²) in [4.78, 5) is 11.0. The van der Waals surface area contributed by atoms with Crippen LogP contribution in [0.15, 0.2) is 23.1 Å². The predicted molar refractivity (Wildman–Crippen MR) is 72.8 cm³/mol. The average Bonchev–Trinajstić information content (AvgIpc) is 2.37. The molecule has 0 saturated carbocycles. The van der Waals surface area contributed by atoms with Crippen LogP contribution in [0.1, 0.15) is 19.4 Å². The maximum atomic E-state index is 12.4. The van der Waals surface area contributed by atoms with Gasteiger partial charge >= 0.3 is 5.97 Å². The minimum absolute atomic E-state index is 0.00453. The molecule has 6 nitrogen and oxygen atoms in total. The third-order valence-electron chi connectivity index (χ3n) is 3.03. The fraction of sp³-hybridized carbons (Fsp3) is 0.333. The zero-order valence-corrected chi connectivity index (χ0v) is 12.7. The maximum Gasteiger partial charge on any atom is 0.324 e. The summed E-state index contributed by atoms with van der Waals surface area (Å²) in [6.07, 6.45) is 0. The number of carbonyl (C=O) groups is 1. The van der Waals surface area contributed by atoms with Crippen molar-refractivity contribution in [3.05, 3.63) is 28.8 Å². The van der Waals surface area contributed by atoms with Crippen molar-refractivity contribution >= 4 is 27.6 Å². The molecule has 1 rings (SSSR count). The molecule has 0 radical (unpaired) electrons. The fourth-order valence-electron chi connectivity index (χ4n) is 1.34. The Kier molecular flexibility index (Phi) is 4.44. The molecule has 0 bridgehead atoms. The summed E-state index contributed by atoms with van der Waals surface area (Å²) in [5, 5.41) is 17.8. The summed E-state index contributed by atoms with van der Waals surface area (Å²) >= 11 is 5.80. The predicted octanol–water partition coefficient (Wildman–Crippen LogP) is 1.70. The van der Waals surface area contributed by atoms with E-state index in [2.05, 4.69) is 0 Å². The van der Waals surface area contributed by atoms with E-state index in [-0.39, 0.29) is 15.5 Å². The first kappa shape index (κ1) is 16.4. The summed E-state index contributed by atoms with van der Waals surface area (Å²) in [7, 11) is -2.85. The Morgan fingerprint density at radius 3 is 2.40 bits per heavy atom. The molecule has 1 N–H and O–H groups in total. The van der Waals surface area contributed by atoms with Crippen LogP contribution in [0.3, 0.4) is 0 Å². The van der Waals surface area contributed by atoms with Crippen LogP contribution >= 0.6 is 11.6 Å². The SMILES string of the molecule is CN(C(C)(C)C(=O)O)S(=O)(=O)c1ccc(C#N)c(Cl)c1. The Morgan fingerprint density at radius 2 is 2.00 bits per heavy atom. The van der Waals surface area contributed by atoms with Crippen LogP contribution < -0.4 is 0 Å². The average molecular weight is 317 g/mol. The van der Waals surface area contributed by atoms with Crippen molar-refractivity contribution < 1.29 is 18.3 Å². The summed E-state index contributed by atoms with van der Waals surface area (Å²) < 4.78 is 25.5. The van der Waals surface area contributed by atoms with Crippen molar-refractivity contribution in [2.24, 2.45) is 0 Å². The van der Waals surface area contributed by atoms with Crippen molar-refractivity contribution in [1.82, 2.24) is 4.31 Å². The summed E-state index contributed by atoms with van der Waals surface area (Å²) in [5.74, 6) is -1.27. The third-order valence-corrected chi connectivity index (χ3v) is 5.37.